The van der Waals surface area contributed by atoms with Crippen molar-refractivity contribution in [2.45, 2.75) is 12.8 Å². The second-order valence-electron chi connectivity index (χ2n) is 1.84. The quantitative estimate of drug-likeness (QED) is 0.514. The molecule has 1 rings (SSSR count). The van der Waals surface area contributed by atoms with Crippen molar-refractivity contribution in [1.29, 1.82) is 0 Å². The molecule has 0 aromatic rings. The first kappa shape index (κ1) is 4.62. The van der Waals surface area contributed by atoms with E-state index >= 15 is 0 Å². The summed E-state index contributed by atoms with van der Waals surface area (Å²) in [5, 5.41) is 0. The summed E-state index contributed by atoms with van der Waals surface area (Å²) < 4.78 is 4.35. The van der Waals surface area contributed by atoms with Crippen LogP contribution in [0.3, 0.4) is 0 Å². The molecule has 2 nitrogen and oxygen atoms in total. The number of hydrogen-bond donors (Lipinski definition) is 0. The van der Waals surface area contributed by atoms with E-state index in [-0.39, 0.29) is 0 Å². The molecule has 0 unspecified atom stereocenters. The predicted molar refractivity (Wildman–Crippen MR) is 24.4 cm³/mol. The van der Waals surface area contributed by atoms with E-state index in [1.54, 1.807) is 0 Å². The lowest BCUT2D eigenvalue weighted by atomic mass is 10.5. The summed E-state index contributed by atoms with van der Waals surface area (Å²) in [6.45, 7) is 1.98. The Morgan fingerprint density at radius 3 is 2.86 bits per heavy atom. The fourth-order valence-corrected chi connectivity index (χ4v) is 0.436. The second-order valence-corrected chi connectivity index (χ2v) is 1.84. The van der Waals surface area contributed by atoms with E-state index in [4.69, 9.17) is 0 Å². The number of hydrogen-bond acceptors (Lipinski definition) is 2. The van der Waals surface area contributed by atoms with Gasteiger partial charge in [-0.15, -0.1) is 0 Å². The molecule has 0 saturated heterocycles. The summed E-state index contributed by atoms with van der Waals surface area (Å²) in [5.41, 5.74) is 0. The molecular formula is C5H7O2. The third kappa shape index (κ3) is 1.57. The zero-order valence-corrected chi connectivity index (χ0v) is 4.02. The molecule has 1 aliphatic carbocycles. The van der Waals surface area contributed by atoms with Crippen molar-refractivity contribution in [2.24, 2.45) is 5.92 Å². The molecule has 0 aromatic heterocycles. The van der Waals surface area contributed by atoms with Gasteiger partial charge >= 0.3 is 6.47 Å². The lowest BCUT2D eigenvalue weighted by Crippen LogP contribution is -1.91. The van der Waals surface area contributed by atoms with Gasteiger partial charge in [-0.3, -0.25) is 0 Å². The Hall–Kier alpha value is -0.530. The zero-order valence-electron chi connectivity index (χ0n) is 4.02. The normalized spacial score (nSPS) is 18.9. The van der Waals surface area contributed by atoms with Crippen LogP contribution in [0.15, 0.2) is 0 Å². The lowest BCUT2D eigenvalue weighted by Gasteiger charge is -1.87. The highest BCUT2D eigenvalue weighted by Gasteiger charge is 2.21. The maximum atomic E-state index is 9.39. The molecular weight excluding hydrogens is 92.1 g/mol. The number of ether oxygens (including phenoxy) is 1. The van der Waals surface area contributed by atoms with E-state index in [2.05, 4.69) is 4.74 Å². The third-order valence-electron chi connectivity index (χ3n) is 1.07. The van der Waals surface area contributed by atoms with Crippen LogP contribution in [-0.4, -0.2) is 13.1 Å². The van der Waals surface area contributed by atoms with E-state index in [0.717, 1.165) is 0 Å². The fourth-order valence-electron chi connectivity index (χ4n) is 0.436. The van der Waals surface area contributed by atoms with Gasteiger partial charge in [0.2, 0.25) is 0 Å². The molecule has 0 aliphatic heterocycles. The summed E-state index contributed by atoms with van der Waals surface area (Å²) in [4.78, 5) is 9.39. The molecule has 0 amide bonds. The van der Waals surface area contributed by atoms with Crippen molar-refractivity contribution in [3.05, 3.63) is 0 Å². The Kier molecular flexibility index (Phi) is 1.29. The van der Waals surface area contributed by atoms with Gasteiger partial charge in [-0.25, -0.2) is 4.79 Å². The highest BCUT2D eigenvalue weighted by molar-refractivity contribution is 5.38. The smallest absolute Gasteiger partial charge is 0.417 e. The molecule has 0 bridgehead atoms. The van der Waals surface area contributed by atoms with Crippen LogP contribution < -0.4 is 0 Å². The van der Waals surface area contributed by atoms with Crippen molar-refractivity contribution in [2.75, 3.05) is 6.61 Å². The van der Waals surface area contributed by atoms with E-state index < -0.39 is 0 Å². The molecule has 0 spiro atoms. The monoisotopic (exact) mass is 99.0 g/mol. The van der Waals surface area contributed by atoms with Gasteiger partial charge in [-0.05, 0) is 18.8 Å². The van der Waals surface area contributed by atoms with Crippen molar-refractivity contribution in [3.63, 3.8) is 0 Å². The average molecular weight is 99.1 g/mol. The minimum atomic E-state index is 0.587. The van der Waals surface area contributed by atoms with Crippen LogP contribution in [-0.2, 0) is 9.53 Å². The van der Waals surface area contributed by atoms with Gasteiger partial charge < -0.3 is 4.74 Å². The molecule has 0 aromatic carbocycles. The molecule has 1 saturated carbocycles. The molecule has 0 heterocycles. The first-order valence-corrected chi connectivity index (χ1v) is 2.42. The van der Waals surface area contributed by atoms with Crippen LogP contribution >= 0.6 is 0 Å². The third-order valence-corrected chi connectivity index (χ3v) is 1.07. The lowest BCUT2D eigenvalue weighted by molar-refractivity contribution is 0.264. The SMILES string of the molecule is O=[C]OCC1CC1. The van der Waals surface area contributed by atoms with E-state index in [1.165, 1.54) is 19.3 Å². The topological polar surface area (TPSA) is 26.3 Å². The number of rotatable bonds is 3. The van der Waals surface area contributed by atoms with Gasteiger partial charge in [0.1, 0.15) is 0 Å². The van der Waals surface area contributed by atoms with E-state index in [1.807, 2.05) is 0 Å². The highest BCUT2D eigenvalue weighted by Crippen LogP contribution is 2.28. The predicted octanol–water partition coefficient (Wildman–Crippen LogP) is 0.480. The Balaban J connectivity index is 1.88. The molecule has 0 N–H and O–H groups in total. The minimum absolute atomic E-state index is 0.587. The summed E-state index contributed by atoms with van der Waals surface area (Å²) in [7, 11) is 0. The van der Waals surface area contributed by atoms with Crippen molar-refractivity contribution in [3.8, 4) is 0 Å². The molecule has 7 heavy (non-hydrogen) atoms. The molecule has 2 heteroatoms. The zero-order chi connectivity index (χ0) is 5.11. The highest BCUT2D eigenvalue weighted by atomic mass is 16.5. The van der Waals surface area contributed by atoms with Gasteiger partial charge in [0.25, 0.3) is 0 Å². The van der Waals surface area contributed by atoms with Crippen LogP contribution in [0.25, 0.3) is 0 Å². The summed E-state index contributed by atoms with van der Waals surface area (Å²) in [5.74, 6) is 0.668. The van der Waals surface area contributed by atoms with Crippen LogP contribution in [0.2, 0.25) is 0 Å². The van der Waals surface area contributed by atoms with Gasteiger partial charge in [0.05, 0.1) is 6.61 Å². The Bertz CT molecular complexity index is 66.5. The molecule has 39 valence electrons. The van der Waals surface area contributed by atoms with Crippen LogP contribution in [0.5, 0.6) is 0 Å². The van der Waals surface area contributed by atoms with Crippen LogP contribution in [0.4, 0.5) is 0 Å². The number of carbonyl (C=O) groups excluding carboxylic acids is 1. The first-order valence-electron chi connectivity index (χ1n) is 2.42. The van der Waals surface area contributed by atoms with E-state index in [9.17, 15) is 4.79 Å². The molecule has 1 fully saturated rings. The van der Waals surface area contributed by atoms with Crippen molar-refractivity contribution < 1.29 is 9.53 Å². The van der Waals surface area contributed by atoms with Gasteiger partial charge in [-0.2, -0.15) is 0 Å². The Morgan fingerprint density at radius 1 is 1.71 bits per heavy atom. The standard InChI is InChI=1S/C5H7O2/c6-4-7-3-5-1-2-5/h5H,1-3H2. The van der Waals surface area contributed by atoms with Crippen LogP contribution in [0.1, 0.15) is 12.8 Å². The fraction of sp³-hybridized carbons (Fsp3) is 0.800. The average Bonchev–Trinajstić information content (AvgIpc) is 2.42. The second kappa shape index (κ2) is 1.96. The van der Waals surface area contributed by atoms with Gasteiger partial charge in [0, 0.05) is 0 Å². The van der Waals surface area contributed by atoms with Crippen molar-refractivity contribution >= 4 is 6.47 Å². The molecule has 0 atom stereocenters. The van der Waals surface area contributed by atoms with Crippen LogP contribution in [0, 0.1) is 5.92 Å². The molecule has 1 aliphatic rings. The largest absolute Gasteiger partial charge is 0.457 e. The van der Waals surface area contributed by atoms with Gasteiger partial charge in [-0.1, -0.05) is 0 Å². The van der Waals surface area contributed by atoms with Gasteiger partial charge in [0.15, 0.2) is 0 Å². The minimum Gasteiger partial charge on any atom is -0.457 e. The Morgan fingerprint density at radius 2 is 2.43 bits per heavy atom. The molecule has 1 radical (unpaired) electrons. The van der Waals surface area contributed by atoms with Crippen molar-refractivity contribution in [1.82, 2.24) is 0 Å². The maximum absolute atomic E-state index is 9.39. The summed E-state index contributed by atoms with van der Waals surface area (Å²) >= 11 is 0. The summed E-state index contributed by atoms with van der Waals surface area (Å²) in [6.07, 6.45) is 2.45. The maximum Gasteiger partial charge on any atom is 0.417 e. The van der Waals surface area contributed by atoms with E-state index in [0.29, 0.717) is 12.5 Å². The Labute approximate surface area is 42.5 Å². The summed E-state index contributed by atoms with van der Waals surface area (Å²) in [6, 6.07) is 0. The first-order chi connectivity index (χ1) is 3.43.